The maximum atomic E-state index is 12.3. The van der Waals surface area contributed by atoms with Crippen LogP contribution in [0.2, 0.25) is 0 Å². The van der Waals surface area contributed by atoms with Crippen LogP contribution in [-0.2, 0) is 4.79 Å². The van der Waals surface area contributed by atoms with Crippen LogP contribution in [0.3, 0.4) is 0 Å². The van der Waals surface area contributed by atoms with Crippen molar-refractivity contribution in [2.75, 3.05) is 39.9 Å². The van der Waals surface area contributed by atoms with E-state index in [1.807, 2.05) is 30.2 Å². The molecule has 0 aromatic heterocycles. The predicted octanol–water partition coefficient (Wildman–Crippen LogP) is 2.30. The van der Waals surface area contributed by atoms with Crippen molar-refractivity contribution < 1.29 is 14.3 Å². The highest BCUT2D eigenvalue weighted by Gasteiger charge is 2.24. The third-order valence-corrected chi connectivity index (χ3v) is 4.72. The second kappa shape index (κ2) is 7.36. The van der Waals surface area contributed by atoms with Crippen molar-refractivity contribution in [3.05, 3.63) is 28.2 Å². The maximum Gasteiger partial charge on any atom is 0.246 e. The Labute approximate surface area is 144 Å². The van der Waals surface area contributed by atoms with Crippen LogP contribution in [0.4, 0.5) is 0 Å². The summed E-state index contributed by atoms with van der Waals surface area (Å²) in [4.78, 5) is 14.2. The minimum absolute atomic E-state index is 0.0645. The number of nitrogens with one attached hydrogen (secondary N) is 1. The molecule has 1 aromatic rings. The molecular formula is C17H21BrN2O3. The van der Waals surface area contributed by atoms with Gasteiger partial charge in [-0.3, -0.25) is 4.79 Å². The van der Waals surface area contributed by atoms with Gasteiger partial charge in [0.15, 0.2) is 11.5 Å². The number of fused-ring (bicyclic) bond motifs is 1. The molecule has 1 fully saturated rings. The monoisotopic (exact) mass is 380 g/mol. The molecule has 2 aliphatic heterocycles. The Balaban J connectivity index is 1.66. The van der Waals surface area contributed by atoms with Crippen molar-refractivity contribution in [2.45, 2.75) is 6.42 Å². The lowest BCUT2D eigenvalue weighted by molar-refractivity contribution is -0.125. The van der Waals surface area contributed by atoms with Gasteiger partial charge in [-0.05, 0) is 65.6 Å². The first-order valence-corrected chi connectivity index (χ1v) is 8.67. The first-order valence-electron chi connectivity index (χ1n) is 7.88. The van der Waals surface area contributed by atoms with E-state index in [4.69, 9.17) is 9.47 Å². The summed E-state index contributed by atoms with van der Waals surface area (Å²) in [6.45, 7) is 3.73. The molecule has 1 amide bonds. The minimum Gasteiger partial charge on any atom is -0.486 e. The first-order chi connectivity index (χ1) is 11.2. The summed E-state index contributed by atoms with van der Waals surface area (Å²) >= 11 is 3.49. The molecule has 1 unspecified atom stereocenters. The number of carbonyl (C=O) groups excluding carboxylic acids is 1. The molecular weight excluding hydrogens is 360 g/mol. The van der Waals surface area contributed by atoms with Crippen molar-refractivity contribution in [3.63, 3.8) is 0 Å². The molecule has 124 valence electrons. The van der Waals surface area contributed by atoms with Gasteiger partial charge in [-0.2, -0.15) is 0 Å². The summed E-state index contributed by atoms with van der Waals surface area (Å²) < 4.78 is 12.0. The fraction of sp³-hybridized carbons (Fsp3) is 0.471. The highest BCUT2D eigenvalue weighted by molar-refractivity contribution is 9.10. The van der Waals surface area contributed by atoms with Crippen LogP contribution in [0.5, 0.6) is 11.5 Å². The van der Waals surface area contributed by atoms with Crippen LogP contribution in [-0.4, -0.2) is 50.7 Å². The molecule has 1 atom stereocenters. The molecule has 2 heterocycles. The van der Waals surface area contributed by atoms with Crippen molar-refractivity contribution in [2.24, 2.45) is 5.92 Å². The number of ether oxygens (including phenoxy) is 2. The molecule has 1 saturated heterocycles. The van der Waals surface area contributed by atoms with Gasteiger partial charge < -0.3 is 19.7 Å². The molecule has 1 aromatic carbocycles. The van der Waals surface area contributed by atoms with Crippen LogP contribution < -0.4 is 14.8 Å². The van der Waals surface area contributed by atoms with Gasteiger partial charge in [0.2, 0.25) is 5.91 Å². The number of carbonyl (C=O) groups is 1. The number of rotatable bonds is 4. The second-order valence-electron chi connectivity index (χ2n) is 5.86. The number of benzene rings is 1. The Morgan fingerprint density at radius 2 is 2.26 bits per heavy atom. The molecule has 0 saturated carbocycles. The zero-order valence-corrected chi connectivity index (χ0v) is 14.8. The molecule has 3 rings (SSSR count). The minimum atomic E-state index is 0.0645. The van der Waals surface area contributed by atoms with E-state index in [9.17, 15) is 4.79 Å². The van der Waals surface area contributed by atoms with E-state index < -0.39 is 0 Å². The van der Waals surface area contributed by atoms with Crippen molar-refractivity contribution in [1.29, 1.82) is 0 Å². The molecule has 23 heavy (non-hydrogen) atoms. The van der Waals surface area contributed by atoms with Gasteiger partial charge in [0, 0.05) is 19.2 Å². The lowest BCUT2D eigenvalue weighted by atomic mass is 10.1. The van der Waals surface area contributed by atoms with Crippen LogP contribution in [0.25, 0.3) is 6.08 Å². The zero-order chi connectivity index (χ0) is 16.2. The molecule has 6 heteroatoms. The average molecular weight is 381 g/mol. The number of amides is 1. The fourth-order valence-electron chi connectivity index (χ4n) is 2.99. The van der Waals surface area contributed by atoms with Crippen LogP contribution in [0.1, 0.15) is 12.0 Å². The van der Waals surface area contributed by atoms with Crippen LogP contribution in [0, 0.1) is 5.92 Å². The van der Waals surface area contributed by atoms with E-state index in [-0.39, 0.29) is 5.91 Å². The number of hydrogen-bond acceptors (Lipinski definition) is 4. The quantitative estimate of drug-likeness (QED) is 0.814. The van der Waals surface area contributed by atoms with Crippen molar-refractivity contribution in [3.8, 4) is 11.5 Å². The number of hydrogen-bond donors (Lipinski definition) is 1. The molecule has 0 spiro atoms. The van der Waals surface area contributed by atoms with Gasteiger partial charge in [-0.1, -0.05) is 0 Å². The molecule has 2 aliphatic rings. The zero-order valence-electron chi connectivity index (χ0n) is 13.2. The second-order valence-corrected chi connectivity index (χ2v) is 6.71. The number of nitrogens with zero attached hydrogens (tertiary/aromatic N) is 1. The predicted molar refractivity (Wildman–Crippen MR) is 92.8 cm³/mol. The Bertz CT molecular complexity index is 618. The molecule has 0 radical (unpaired) electrons. The summed E-state index contributed by atoms with van der Waals surface area (Å²) in [5.41, 5.74) is 0.917. The average Bonchev–Trinajstić information content (AvgIpc) is 3.02. The van der Waals surface area contributed by atoms with Gasteiger partial charge in [0.05, 0.1) is 4.47 Å². The largest absolute Gasteiger partial charge is 0.486 e. The third-order valence-electron chi connectivity index (χ3n) is 4.13. The van der Waals surface area contributed by atoms with Crippen LogP contribution in [0.15, 0.2) is 22.7 Å². The SMILES string of the molecule is CNCC1CCN(C(=O)C=Cc2cc(Br)c3c(c2)OCCO3)C1. The van der Waals surface area contributed by atoms with Gasteiger partial charge >= 0.3 is 0 Å². The highest BCUT2D eigenvalue weighted by Crippen LogP contribution is 2.38. The third kappa shape index (κ3) is 3.87. The number of likely N-dealkylation sites (tertiary alicyclic amines) is 1. The van der Waals surface area contributed by atoms with E-state index in [0.717, 1.165) is 41.8 Å². The fourth-order valence-corrected chi connectivity index (χ4v) is 3.56. The van der Waals surface area contributed by atoms with E-state index in [1.54, 1.807) is 6.08 Å². The normalized spacial score (nSPS) is 20.3. The van der Waals surface area contributed by atoms with Gasteiger partial charge in [-0.15, -0.1) is 0 Å². The first kappa shape index (κ1) is 16.3. The summed E-state index contributed by atoms with van der Waals surface area (Å²) in [6.07, 6.45) is 4.53. The Morgan fingerprint density at radius 1 is 1.43 bits per heavy atom. The smallest absolute Gasteiger partial charge is 0.246 e. The van der Waals surface area contributed by atoms with Crippen molar-refractivity contribution >= 4 is 27.9 Å². The van der Waals surface area contributed by atoms with E-state index in [0.29, 0.717) is 24.9 Å². The molecule has 1 N–H and O–H groups in total. The lowest BCUT2D eigenvalue weighted by Gasteiger charge is -2.20. The summed E-state index contributed by atoms with van der Waals surface area (Å²) in [5.74, 6) is 2.07. The Morgan fingerprint density at radius 3 is 3.09 bits per heavy atom. The summed E-state index contributed by atoms with van der Waals surface area (Å²) in [6, 6.07) is 3.84. The number of halogens is 1. The van der Waals surface area contributed by atoms with E-state index in [1.165, 1.54) is 0 Å². The Kier molecular flexibility index (Phi) is 5.23. The lowest BCUT2D eigenvalue weighted by Crippen LogP contribution is -2.28. The summed E-state index contributed by atoms with van der Waals surface area (Å²) in [5, 5.41) is 3.18. The standard InChI is InChI=1S/C17H21BrN2O3/c1-19-10-13-4-5-20(11-13)16(21)3-2-12-8-14(18)17-15(9-12)22-6-7-23-17/h2-3,8-9,13,19H,4-7,10-11H2,1H3. The van der Waals surface area contributed by atoms with Gasteiger partial charge in [0.1, 0.15) is 13.2 Å². The van der Waals surface area contributed by atoms with Gasteiger partial charge in [-0.25, -0.2) is 0 Å². The molecule has 0 aliphatic carbocycles. The van der Waals surface area contributed by atoms with E-state index in [2.05, 4.69) is 21.2 Å². The van der Waals surface area contributed by atoms with E-state index >= 15 is 0 Å². The van der Waals surface area contributed by atoms with Crippen molar-refractivity contribution in [1.82, 2.24) is 10.2 Å². The topological polar surface area (TPSA) is 50.8 Å². The molecule has 5 nitrogen and oxygen atoms in total. The van der Waals surface area contributed by atoms with Crippen LogP contribution >= 0.6 is 15.9 Å². The maximum absolute atomic E-state index is 12.3. The molecule has 0 bridgehead atoms. The van der Waals surface area contributed by atoms with Gasteiger partial charge in [0.25, 0.3) is 0 Å². The Hall–Kier alpha value is -1.53. The summed E-state index contributed by atoms with van der Waals surface area (Å²) in [7, 11) is 1.95. The highest BCUT2D eigenvalue weighted by atomic mass is 79.9.